The minimum atomic E-state index is -0.464. The molecular weight excluding hydrogens is 414 g/mol. The molecular formula is C22H23N5O3S. The number of aromatic nitrogens is 2. The van der Waals surface area contributed by atoms with Gasteiger partial charge in [-0.15, -0.1) is 11.3 Å². The fourth-order valence-electron chi connectivity index (χ4n) is 3.27. The zero-order valence-electron chi connectivity index (χ0n) is 16.9. The van der Waals surface area contributed by atoms with E-state index < -0.39 is 6.09 Å². The van der Waals surface area contributed by atoms with Gasteiger partial charge in [-0.1, -0.05) is 18.2 Å². The van der Waals surface area contributed by atoms with E-state index in [2.05, 4.69) is 20.2 Å². The van der Waals surface area contributed by atoms with E-state index in [1.54, 1.807) is 41.9 Å². The lowest BCUT2D eigenvalue weighted by Gasteiger charge is -2.34. The maximum Gasteiger partial charge on any atom is 0.407 e. The Kier molecular flexibility index (Phi) is 6.73. The molecule has 4 rings (SSSR count). The smallest absolute Gasteiger partial charge is 0.407 e. The first-order chi connectivity index (χ1) is 15.2. The highest BCUT2D eigenvalue weighted by Crippen LogP contribution is 2.14. The number of thiophene rings is 1. The summed E-state index contributed by atoms with van der Waals surface area (Å²) in [5.41, 5.74) is 1.53. The van der Waals surface area contributed by atoms with Crippen LogP contribution in [0.2, 0.25) is 0 Å². The van der Waals surface area contributed by atoms with E-state index in [4.69, 9.17) is 4.74 Å². The fraction of sp³-hybridized carbons (Fsp3) is 0.273. The molecule has 1 aliphatic heterocycles. The highest BCUT2D eigenvalue weighted by atomic mass is 32.1. The summed E-state index contributed by atoms with van der Waals surface area (Å²) in [7, 11) is 0. The van der Waals surface area contributed by atoms with Crippen LogP contribution in [0.25, 0.3) is 0 Å². The molecule has 0 bridgehead atoms. The number of amides is 2. The standard InChI is InChI=1S/C22H23N5O3S/c28-20(26-10-12-27(13-11-26)21-23-8-2-9-24-21)18-6-4-17(5-7-18)15-25-22(29)30-16-19-3-1-14-31-19/h1-9,14H,10-13,15-16H2,(H,25,29). The number of nitrogens with zero attached hydrogens (tertiary/aromatic N) is 4. The summed E-state index contributed by atoms with van der Waals surface area (Å²) >= 11 is 1.54. The van der Waals surface area contributed by atoms with Gasteiger partial charge in [-0.2, -0.15) is 0 Å². The Balaban J connectivity index is 1.23. The number of alkyl carbamates (subject to hydrolysis) is 1. The molecule has 2 aromatic heterocycles. The first kappa shape index (κ1) is 20.8. The maximum atomic E-state index is 12.8. The third-order valence-electron chi connectivity index (χ3n) is 4.97. The van der Waals surface area contributed by atoms with Crippen molar-refractivity contribution in [1.29, 1.82) is 0 Å². The Bertz CT molecular complexity index is 988. The highest BCUT2D eigenvalue weighted by molar-refractivity contribution is 7.09. The molecule has 3 heterocycles. The molecule has 0 aliphatic carbocycles. The fourth-order valence-corrected chi connectivity index (χ4v) is 3.88. The van der Waals surface area contributed by atoms with Crippen molar-refractivity contribution < 1.29 is 14.3 Å². The maximum absolute atomic E-state index is 12.8. The van der Waals surface area contributed by atoms with Crippen LogP contribution in [0.1, 0.15) is 20.8 Å². The first-order valence-corrected chi connectivity index (χ1v) is 10.9. The van der Waals surface area contributed by atoms with Crippen molar-refractivity contribution in [2.75, 3.05) is 31.1 Å². The number of benzene rings is 1. The molecule has 31 heavy (non-hydrogen) atoms. The highest BCUT2D eigenvalue weighted by Gasteiger charge is 2.23. The molecule has 1 aliphatic rings. The van der Waals surface area contributed by atoms with E-state index in [-0.39, 0.29) is 12.5 Å². The van der Waals surface area contributed by atoms with Gasteiger partial charge in [-0.3, -0.25) is 4.79 Å². The van der Waals surface area contributed by atoms with Crippen LogP contribution in [0.15, 0.2) is 60.2 Å². The molecule has 1 fully saturated rings. The molecule has 0 radical (unpaired) electrons. The molecule has 160 valence electrons. The molecule has 0 saturated carbocycles. The summed E-state index contributed by atoms with van der Waals surface area (Å²) in [5.74, 6) is 0.698. The van der Waals surface area contributed by atoms with E-state index in [0.717, 1.165) is 10.4 Å². The van der Waals surface area contributed by atoms with Crippen molar-refractivity contribution in [2.24, 2.45) is 0 Å². The minimum absolute atomic E-state index is 0.00324. The van der Waals surface area contributed by atoms with Crippen LogP contribution in [-0.2, 0) is 17.9 Å². The van der Waals surface area contributed by atoms with Crippen LogP contribution in [0, 0.1) is 0 Å². The first-order valence-electron chi connectivity index (χ1n) is 10.0. The summed E-state index contributed by atoms with van der Waals surface area (Å²) in [6.07, 6.45) is 2.98. The second kappa shape index (κ2) is 10.0. The van der Waals surface area contributed by atoms with Gasteiger partial charge in [-0.05, 0) is 35.2 Å². The van der Waals surface area contributed by atoms with E-state index >= 15 is 0 Å². The van der Waals surface area contributed by atoms with Crippen molar-refractivity contribution in [2.45, 2.75) is 13.2 Å². The Morgan fingerprint density at radius 3 is 2.42 bits per heavy atom. The molecule has 9 heteroatoms. The molecule has 1 N–H and O–H groups in total. The summed E-state index contributed by atoms with van der Waals surface area (Å²) < 4.78 is 5.18. The van der Waals surface area contributed by atoms with Gasteiger partial charge in [0.15, 0.2) is 0 Å². The van der Waals surface area contributed by atoms with Crippen LogP contribution in [-0.4, -0.2) is 53.0 Å². The van der Waals surface area contributed by atoms with Gasteiger partial charge in [0.25, 0.3) is 5.91 Å². The molecule has 0 atom stereocenters. The summed E-state index contributed by atoms with van der Waals surface area (Å²) in [6, 6.07) is 12.9. The Morgan fingerprint density at radius 2 is 1.74 bits per heavy atom. The normalized spacial score (nSPS) is 13.7. The lowest BCUT2D eigenvalue weighted by atomic mass is 10.1. The number of ether oxygens (including phenoxy) is 1. The molecule has 0 spiro atoms. The SMILES string of the molecule is O=C(NCc1ccc(C(=O)N2CCN(c3ncccn3)CC2)cc1)OCc1cccs1. The topological polar surface area (TPSA) is 87.7 Å². The number of anilines is 1. The van der Waals surface area contributed by atoms with Crippen molar-refractivity contribution in [3.05, 3.63) is 76.2 Å². The van der Waals surface area contributed by atoms with Crippen LogP contribution >= 0.6 is 11.3 Å². The van der Waals surface area contributed by atoms with E-state index in [0.29, 0.717) is 44.2 Å². The number of nitrogens with one attached hydrogen (secondary N) is 1. The van der Waals surface area contributed by atoms with Crippen LogP contribution < -0.4 is 10.2 Å². The summed E-state index contributed by atoms with van der Waals surface area (Å²) in [6.45, 7) is 3.25. The van der Waals surface area contributed by atoms with Crippen LogP contribution in [0.4, 0.5) is 10.7 Å². The van der Waals surface area contributed by atoms with Gasteiger partial charge in [-0.25, -0.2) is 14.8 Å². The molecule has 2 amide bonds. The summed E-state index contributed by atoms with van der Waals surface area (Å²) in [5, 5.41) is 4.67. The Labute approximate surface area is 184 Å². The number of carbonyl (C=O) groups excluding carboxylic acids is 2. The van der Waals surface area contributed by atoms with E-state index in [9.17, 15) is 9.59 Å². The van der Waals surface area contributed by atoms with Gasteiger partial charge >= 0.3 is 6.09 Å². The average molecular weight is 438 g/mol. The molecule has 0 unspecified atom stereocenters. The molecule has 1 aromatic carbocycles. The number of rotatable bonds is 6. The van der Waals surface area contributed by atoms with Gasteiger partial charge < -0.3 is 19.9 Å². The van der Waals surface area contributed by atoms with Crippen LogP contribution in [0.5, 0.6) is 0 Å². The molecule has 1 saturated heterocycles. The Hall–Kier alpha value is -3.46. The number of hydrogen-bond acceptors (Lipinski definition) is 7. The van der Waals surface area contributed by atoms with Gasteiger partial charge in [0.2, 0.25) is 5.95 Å². The summed E-state index contributed by atoms with van der Waals surface area (Å²) in [4.78, 5) is 38.1. The van der Waals surface area contributed by atoms with Crippen molar-refractivity contribution >= 4 is 29.3 Å². The quantitative estimate of drug-likeness (QED) is 0.638. The largest absolute Gasteiger partial charge is 0.444 e. The Morgan fingerprint density at radius 1 is 1.00 bits per heavy atom. The lowest BCUT2D eigenvalue weighted by Crippen LogP contribution is -2.49. The third kappa shape index (κ3) is 5.58. The van der Waals surface area contributed by atoms with Crippen LogP contribution in [0.3, 0.4) is 0 Å². The molecule has 3 aromatic rings. The van der Waals surface area contributed by atoms with Gasteiger partial charge in [0.05, 0.1) is 0 Å². The monoisotopic (exact) mass is 437 g/mol. The van der Waals surface area contributed by atoms with Gasteiger partial charge in [0.1, 0.15) is 6.61 Å². The average Bonchev–Trinajstić information content (AvgIpc) is 3.36. The van der Waals surface area contributed by atoms with E-state index in [1.165, 1.54) is 0 Å². The zero-order valence-corrected chi connectivity index (χ0v) is 17.8. The van der Waals surface area contributed by atoms with Crippen molar-refractivity contribution in [3.8, 4) is 0 Å². The number of hydrogen-bond donors (Lipinski definition) is 1. The second-order valence-corrected chi connectivity index (χ2v) is 8.07. The zero-order chi connectivity index (χ0) is 21.5. The number of carbonyl (C=O) groups is 2. The predicted molar refractivity (Wildman–Crippen MR) is 118 cm³/mol. The van der Waals surface area contributed by atoms with Gasteiger partial charge in [0, 0.05) is 55.6 Å². The second-order valence-electron chi connectivity index (χ2n) is 7.03. The van der Waals surface area contributed by atoms with E-state index in [1.807, 2.05) is 34.5 Å². The lowest BCUT2D eigenvalue weighted by molar-refractivity contribution is 0.0746. The minimum Gasteiger partial charge on any atom is -0.444 e. The molecule has 8 nitrogen and oxygen atoms in total. The third-order valence-corrected chi connectivity index (χ3v) is 5.82. The predicted octanol–water partition coefficient (Wildman–Crippen LogP) is 2.93. The van der Waals surface area contributed by atoms with Crippen molar-refractivity contribution in [1.82, 2.24) is 20.2 Å². The number of piperazine rings is 1. The van der Waals surface area contributed by atoms with Crippen molar-refractivity contribution in [3.63, 3.8) is 0 Å².